The molecule has 0 saturated heterocycles. The zero-order valence-electron chi connectivity index (χ0n) is 18.0. The Balaban J connectivity index is 0. The van der Waals surface area contributed by atoms with E-state index in [2.05, 4.69) is 29.9 Å². The van der Waals surface area contributed by atoms with E-state index in [1.54, 1.807) is 0 Å². The Hall–Kier alpha value is -0.210. The Labute approximate surface area is 168 Å². The summed E-state index contributed by atoms with van der Waals surface area (Å²) in [5.41, 5.74) is 0. The molecule has 166 valence electrons. The van der Waals surface area contributed by atoms with Gasteiger partial charge < -0.3 is 10.0 Å². The van der Waals surface area contributed by atoms with E-state index in [9.17, 15) is 8.42 Å². The van der Waals surface area contributed by atoms with Crippen LogP contribution in [-0.2, 0) is 14.6 Å². The van der Waals surface area contributed by atoms with E-state index >= 15 is 0 Å². The SMILES string of the molecule is CCCCCCCCCCCCCCOS(=O)(=O)O.CCN(CC)CCO. The van der Waals surface area contributed by atoms with Crippen molar-refractivity contribution in [2.75, 3.05) is 32.8 Å². The van der Waals surface area contributed by atoms with Gasteiger partial charge in [0.25, 0.3) is 0 Å². The second kappa shape index (κ2) is 22.1. The van der Waals surface area contributed by atoms with Crippen LogP contribution in [0.1, 0.15) is 97.8 Å². The van der Waals surface area contributed by atoms with Gasteiger partial charge >= 0.3 is 10.4 Å². The smallest absolute Gasteiger partial charge is 0.395 e. The molecule has 0 bridgehead atoms. The highest BCUT2D eigenvalue weighted by molar-refractivity contribution is 7.80. The molecule has 0 saturated carbocycles. The molecule has 0 radical (unpaired) electrons. The third kappa shape index (κ3) is 28.1. The third-order valence-corrected chi connectivity index (χ3v) is 5.01. The monoisotopic (exact) mass is 411 g/mol. The van der Waals surface area contributed by atoms with Gasteiger partial charge in [-0.3, -0.25) is 4.55 Å². The fourth-order valence-corrected chi connectivity index (χ4v) is 3.12. The number of rotatable bonds is 18. The molecule has 0 amide bonds. The molecule has 27 heavy (non-hydrogen) atoms. The van der Waals surface area contributed by atoms with E-state index in [0.717, 1.165) is 32.5 Å². The third-order valence-electron chi connectivity index (χ3n) is 4.54. The first-order chi connectivity index (χ1) is 12.9. The van der Waals surface area contributed by atoms with Crippen LogP contribution in [-0.4, -0.2) is 55.8 Å². The van der Waals surface area contributed by atoms with Crippen LogP contribution in [0, 0.1) is 0 Å². The first-order valence-corrected chi connectivity index (χ1v) is 12.2. The summed E-state index contributed by atoms with van der Waals surface area (Å²) in [4.78, 5) is 2.18. The topological polar surface area (TPSA) is 87.1 Å². The zero-order chi connectivity index (χ0) is 20.8. The van der Waals surface area contributed by atoms with Crippen molar-refractivity contribution in [3.8, 4) is 0 Å². The predicted molar refractivity (Wildman–Crippen MR) is 113 cm³/mol. The minimum absolute atomic E-state index is 0.0935. The lowest BCUT2D eigenvalue weighted by atomic mass is 10.1. The van der Waals surface area contributed by atoms with Gasteiger partial charge in [-0.2, -0.15) is 8.42 Å². The van der Waals surface area contributed by atoms with Gasteiger partial charge in [0.2, 0.25) is 0 Å². The first kappa shape index (κ1) is 29.0. The van der Waals surface area contributed by atoms with Gasteiger partial charge in [-0.1, -0.05) is 91.4 Å². The summed E-state index contributed by atoms with van der Waals surface area (Å²) in [6.45, 7) is 9.69. The number of likely N-dealkylation sites (N-methyl/N-ethyl adjacent to an activating group) is 1. The van der Waals surface area contributed by atoms with Gasteiger partial charge in [0.1, 0.15) is 0 Å². The fraction of sp³-hybridized carbons (Fsp3) is 1.00. The average molecular weight is 412 g/mol. The standard InChI is InChI=1S/C14H30O4S.C6H15NO/c1-2-3-4-5-6-7-8-9-10-11-12-13-14-18-19(15,16)17;1-3-7(4-2)5-6-8/h2-14H2,1H3,(H,15,16,17);8H,3-6H2,1-2H3. The van der Waals surface area contributed by atoms with Crippen molar-refractivity contribution in [2.45, 2.75) is 97.8 Å². The van der Waals surface area contributed by atoms with Gasteiger partial charge in [-0.05, 0) is 19.5 Å². The molecule has 0 fully saturated rings. The van der Waals surface area contributed by atoms with Crippen molar-refractivity contribution in [2.24, 2.45) is 0 Å². The molecule has 0 spiro atoms. The maximum absolute atomic E-state index is 10.3. The second-order valence-corrected chi connectivity index (χ2v) is 7.98. The number of unbranched alkanes of at least 4 members (excludes halogenated alkanes) is 11. The summed E-state index contributed by atoms with van der Waals surface area (Å²) >= 11 is 0. The Kier molecular flexibility index (Phi) is 23.7. The van der Waals surface area contributed by atoms with Crippen molar-refractivity contribution < 1.29 is 22.3 Å². The Bertz CT molecular complexity index is 373. The first-order valence-electron chi connectivity index (χ1n) is 10.9. The molecular weight excluding hydrogens is 366 g/mol. The maximum Gasteiger partial charge on any atom is 0.397 e. The van der Waals surface area contributed by atoms with Crippen LogP contribution in [0.15, 0.2) is 0 Å². The molecular formula is C20H45NO5S. The molecule has 0 aliphatic carbocycles. The molecule has 0 aromatic carbocycles. The highest BCUT2D eigenvalue weighted by Crippen LogP contribution is 2.11. The minimum Gasteiger partial charge on any atom is -0.395 e. The lowest BCUT2D eigenvalue weighted by Crippen LogP contribution is -2.25. The van der Waals surface area contributed by atoms with E-state index in [0.29, 0.717) is 6.42 Å². The molecule has 0 aromatic rings. The normalized spacial score (nSPS) is 11.5. The van der Waals surface area contributed by atoms with Gasteiger partial charge in [0, 0.05) is 6.54 Å². The molecule has 2 N–H and O–H groups in total. The molecule has 0 heterocycles. The van der Waals surface area contributed by atoms with Crippen molar-refractivity contribution in [3.05, 3.63) is 0 Å². The highest BCUT2D eigenvalue weighted by Gasteiger charge is 2.02. The zero-order valence-corrected chi connectivity index (χ0v) is 18.8. The Morgan fingerprint density at radius 3 is 1.44 bits per heavy atom. The van der Waals surface area contributed by atoms with E-state index in [1.807, 2.05) is 0 Å². The van der Waals surface area contributed by atoms with Crippen LogP contribution in [0.5, 0.6) is 0 Å². The Morgan fingerprint density at radius 2 is 1.15 bits per heavy atom. The molecule has 0 aromatic heterocycles. The Morgan fingerprint density at radius 1 is 0.741 bits per heavy atom. The lowest BCUT2D eigenvalue weighted by molar-refractivity contribution is 0.208. The molecule has 0 rings (SSSR count). The number of hydrogen-bond donors (Lipinski definition) is 2. The molecule has 0 atom stereocenters. The molecule has 0 unspecified atom stereocenters. The number of aliphatic hydroxyl groups excluding tert-OH is 1. The highest BCUT2D eigenvalue weighted by atomic mass is 32.3. The lowest BCUT2D eigenvalue weighted by Gasteiger charge is -2.15. The molecule has 7 heteroatoms. The largest absolute Gasteiger partial charge is 0.397 e. The molecule has 6 nitrogen and oxygen atoms in total. The van der Waals surface area contributed by atoms with Crippen LogP contribution in [0.3, 0.4) is 0 Å². The number of hydrogen-bond acceptors (Lipinski definition) is 5. The van der Waals surface area contributed by atoms with Gasteiger partial charge in [0.05, 0.1) is 13.2 Å². The molecule has 0 aliphatic heterocycles. The van der Waals surface area contributed by atoms with Gasteiger partial charge in [0.15, 0.2) is 0 Å². The van der Waals surface area contributed by atoms with Gasteiger partial charge in [-0.25, -0.2) is 4.18 Å². The van der Waals surface area contributed by atoms with E-state index in [4.69, 9.17) is 9.66 Å². The minimum atomic E-state index is -4.24. The summed E-state index contributed by atoms with van der Waals surface area (Å²) < 4.78 is 33.1. The van der Waals surface area contributed by atoms with E-state index in [1.165, 1.54) is 57.8 Å². The summed E-state index contributed by atoms with van der Waals surface area (Å²) in [7, 11) is -4.24. The van der Waals surface area contributed by atoms with Crippen molar-refractivity contribution >= 4 is 10.4 Å². The van der Waals surface area contributed by atoms with Crippen molar-refractivity contribution in [1.29, 1.82) is 0 Å². The summed E-state index contributed by atoms with van der Waals surface area (Å²) in [6.07, 6.45) is 14.7. The quantitative estimate of drug-likeness (QED) is 0.248. The van der Waals surface area contributed by atoms with Crippen LogP contribution >= 0.6 is 0 Å². The number of nitrogens with zero attached hydrogens (tertiary/aromatic N) is 1. The summed E-state index contributed by atoms with van der Waals surface area (Å²) in [6, 6.07) is 0. The van der Waals surface area contributed by atoms with E-state index in [-0.39, 0.29) is 13.2 Å². The fourth-order valence-electron chi connectivity index (χ4n) is 2.79. The molecule has 0 aliphatic rings. The van der Waals surface area contributed by atoms with Crippen LogP contribution in [0.4, 0.5) is 0 Å². The van der Waals surface area contributed by atoms with Crippen molar-refractivity contribution in [1.82, 2.24) is 4.90 Å². The predicted octanol–water partition coefficient (Wildman–Crippen LogP) is 4.83. The van der Waals surface area contributed by atoms with E-state index < -0.39 is 10.4 Å². The van der Waals surface area contributed by atoms with Crippen LogP contribution in [0.2, 0.25) is 0 Å². The van der Waals surface area contributed by atoms with Crippen LogP contribution in [0.25, 0.3) is 0 Å². The summed E-state index contributed by atoms with van der Waals surface area (Å²) in [5.74, 6) is 0. The van der Waals surface area contributed by atoms with Crippen LogP contribution < -0.4 is 0 Å². The summed E-state index contributed by atoms with van der Waals surface area (Å²) in [5, 5.41) is 8.46. The number of aliphatic hydroxyl groups is 1. The van der Waals surface area contributed by atoms with Crippen molar-refractivity contribution in [3.63, 3.8) is 0 Å². The average Bonchev–Trinajstić information content (AvgIpc) is 2.63. The van der Waals surface area contributed by atoms with Gasteiger partial charge in [-0.15, -0.1) is 0 Å². The maximum atomic E-state index is 10.3. The second-order valence-electron chi connectivity index (χ2n) is 6.89.